The quantitative estimate of drug-likeness (QED) is 0.123. The molecule has 0 unspecified atom stereocenters. The van der Waals surface area contributed by atoms with E-state index in [9.17, 15) is 14.4 Å². The second-order valence-electron chi connectivity index (χ2n) is 9.81. The van der Waals surface area contributed by atoms with E-state index in [1.165, 1.54) is 12.0 Å². The standard InChI is InChI=1S/C30H42N4O4/c1-5-8-11-12-19-33-28(35)26(32(30(33)37)18-10-7-3)20-25-21-31-27(13-9-6-2)34(25)22-23-14-16-24(17-15-23)29(36)38-4/h14-17,20-21H,5-13,18-19,22H2,1-4H3. The second-order valence-corrected chi connectivity index (χ2v) is 9.81. The minimum Gasteiger partial charge on any atom is -0.465 e. The van der Waals surface area contributed by atoms with E-state index in [2.05, 4.69) is 30.3 Å². The zero-order valence-electron chi connectivity index (χ0n) is 23.4. The molecule has 8 heteroatoms. The van der Waals surface area contributed by atoms with Crippen LogP contribution >= 0.6 is 0 Å². The molecule has 0 saturated carbocycles. The van der Waals surface area contributed by atoms with Crippen LogP contribution in [0.3, 0.4) is 0 Å². The number of aromatic nitrogens is 2. The lowest BCUT2D eigenvalue weighted by Crippen LogP contribution is -2.34. The fourth-order valence-electron chi connectivity index (χ4n) is 4.60. The van der Waals surface area contributed by atoms with Crippen LogP contribution in [0, 0.1) is 0 Å². The summed E-state index contributed by atoms with van der Waals surface area (Å²) in [6.45, 7) is 7.87. The lowest BCUT2D eigenvalue weighted by molar-refractivity contribution is -0.123. The average Bonchev–Trinajstić information content (AvgIpc) is 3.41. The van der Waals surface area contributed by atoms with E-state index in [0.29, 0.717) is 30.9 Å². The molecule has 1 fully saturated rings. The van der Waals surface area contributed by atoms with E-state index >= 15 is 0 Å². The molecule has 1 aliphatic heterocycles. The number of amides is 3. The number of imide groups is 1. The number of aryl methyl sites for hydroxylation is 1. The number of carbonyl (C=O) groups is 3. The maximum absolute atomic E-state index is 13.5. The summed E-state index contributed by atoms with van der Waals surface area (Å²) in [5, 5.41) is 0. The number of carbonyl (C=O) groups excluding carboxylic acids is 3. The third-order valence-electron chi connectivity index (χ3n) is 6.91. The molecule has 1 aromatic carbocycles. The lowest BCUT2D eigenvalue weighted by Gasteiger charge is -2.17. The van der Waals surface area contributed by atoms with Crippen molar-refractivity contribution in [2.45, 2.75) is 85.1 Å². The van der Waals surface area contributed by atoms with Gasteiger partial charge in [-0.05, 0) is 43.0 Å². The first-order valence-corrected chi connectivity index (χ1v) is 14.0. The number of benzene rings is 1. The smallest absolute Gasteiger partial charge is 0.337 e. The highest BCUT2D eigenvalue weighted by Crippen LogP contribution is 2.26. The predicted octanol–water partition coefficient (Wildman–Crippen LogP) is 6.05. The van der Waals surface area contributed by atoms with Gasteiger partial charge in [0, 0.05) is 26.1 Å². The molecule has 0 spiro atoms. The largest absolute Gasteiger partial charge is 0.465 e. The molecule has 0 radical (unpaired) electrons. The van der Waals surface area contributed by atoms with Crippen molar-refractivity contribution in [3.05, 3.63) is 58.8 Å². The zero-order chi connectivity index (χ0) is 27.5. The normalized spacial score (nSPS) is 14.7. The molecule has 3 amide bonds. The van der Waals surface area contributed by atoms with Gasteiger partial charge in [-0.25, -0.2) is 14.6 Å². The van der Waals surface area contributed by atoms with Gasteiger partial charge in [-0.1, -0.05) is 65.0 Å². The van der Waals surface area contributed by atoms with Crippen LogP contribution in [-0.4, -0.2) is 57.5 Å². The van der Waals surface area contributed by atoms with Gasteiger partial charge in [0.2, 0.25) is 0 Å². The Morgan fingerprint density at radius 3 is 2.24 bits per heavy atom. The molecule has 206 valence electrons. The third-order valence-corrected chi connectivity index (χ3v) is 6.91. The third kappa shape index (κ3) is 7.11. The van der Waals surface area contributed by atoms with Gasteiger partial charge < -0.3 is 9.30 Å². The van der Waals surface area contributed by atoms with E-state index in [0.717, 1.165) is 74.9 Å². The van der Waals surface area contributed by atoms with Crippen molar-refractivity contribution in [1.82, 2.24) is 19.4 Å². The summed E-state index contributed by atoms with van der Waals surface area (Å²) in [5.41, 5.74) is 2.71. The number of esters is 1. The van der Waals surface area contributed by atoms with Gasteiger partial charge in [-0.15, -0.1) is 0 Å². The highest BCUT2D eigenvalue weighted by molar-refractivity contribution is 6.13. The molecule has 1 aromatic heterocycles. The Morgan fingerprint density at radius 2 is 1.58 bits per heavy atom. The number of ether oxygens (including phenoxy) is 1. The summed E-state index contributed by atoms with van der Waals surface area (Å²) in [5.74, 6) is 0.334. The van der Waals surface area contributed by atoms with Crippen molar-refractivity contribution in [2.75, 3.05) is 20.2 Å². The highest BCUT2D eigenvalue weighted by Gasteiger charge is 2.40. The first-order valence-electron chi connectivity index (χ1n) is 14.0. The van der Waals surface area contributed by atoms with Crippen LogP contribution in [-0.2, 0) is 22.5 Å². The monoisotopic (exact) mass is 522 g/mol. The van der Waals surface area contributed by atoms with Gasteiger partial charge in [0.05, 0.1) is 24.6 Å². The summed E-state index contributed by atoms with van der Waals surface area (Å²) in [6, 6.07) is 7.10. The number of hydrogen-bond donors (Lipinski definition) is 0. The summed E-state index contributed by atoms with van der Waals surface area (Å²) in [4.78, 5) is 46.3. The summed E-state index contributed by atoms with van der Waals surface area (Å²) in [7, 11) is 1.37. The molecular formula is C30H42N4O4. The summed E-state index contributed by atoms with van der Waals surface area (Å²) < 4.78 is 6.92. The molecule has 3 rings (SSSR count). The van der Waals surface area contributed by atoms with Crippen LogP contribution < -0.4 is 0 Å². The molecule has 0 atom stereocenters. The van der Waals surface area contributed by atoms with E-state index in [-0.39, 0.29) is 17.9 Å². The Bertz CT molecular complexity index is 1120. The summed E-state index contributed by atoms with van der Waals surface area (Å²) >= 11 is 0. The second kappa shape index (κ2) is 14.5. The Morgan fingerprint density at radius 1 is 0.895 bits per heavy atom. The molecule has 0 bridgehead atoms. The average molecular weight is 523 g/mol. The van der Waals surface area contributed by atoms with E-state index < -0.39 is 0 Å². The maximum atomic E-state index is 13.5. The number of nitrogens with zero attached hydrogens (tertiary/aromatic N) is 4. The van der Waals surface area contributed by atoms with Gasteiger partial charge >= 0.3 is 12.0 Å². The van der Waals surface area contributed by atoms with Gasteiger partial charge in [-0.3, -0.25) is 14.6 Å². The topological polar surface area (TPSA) is 84.7 Å². The number of urea groups is 1. The van der Waals surface area contributed by atoms with E-state index in [1.807, 2.05) is 18.2 Å². The van der Waals surface area contributed by atoms with Gasteiger partial charge in [0.25, 0.3) is 5.91 Å². The molecule has 38 heavy (non-hydrogen) atoms. The SMILES string of the molecule is CCCCCCN1C(=O)C(=Cc2cnc(CCCC)n2Cc2ccc(C(=O)OC)cc2)N(CCCC)C1=O. The van der Waals surface area contributed by atoms with Crippen LogP contribution in [0.15, 0.2) is 36.2 Å². The van der Waals surface area contributed by atoms with Crippen molar-refractivity contribution in [3.8, 4) is 0 Å². The first kappa shape index (κ1) is 29.1. The molecule has 1 aliphatic rings. The van der Waals surface area contributed by atoms with Crippen molar-refractivity contribution >= 4 is 24.0 Å². The van der Waals surface area contributed by atoms with Gasteiger partial charge in [0.15, 0.2) is 0 Å². The molecule has 8 nitrogen and oxygen atoms in total. The van der Waals surface area contributed by atoms with Crippen LogP contribution in [0.5, 0.6) is 0 Å². The molecule has 2 heterocycles. The van der Waals surface area contributed by atoms with Crippen molar-refractivity contribution in [1.29, 1.82) is 0 Å². The van der Waals surface area contributed by atoms with Crippen molar-refractivity contribution in [3.63, 3.8) is 0 Å². The van der Waals surface area contributed by atoms with Crippen LogP contribution in [0.2, 0.25) is 0 Å². The summed E-state index contributed by atoms with van der Waals surface area (Å²) in [6.07, 6.45) is 12.3. The minimum atomic E-state index is -0.371. The Labute approximate surface area is 226 Å². The lowest BCUT2D eigenvalue weighted by atomic mass is 10.1. The number of hydrogen-bond acceptors (Lipinski definition) is 5. The van der Waals surface area contributed by atoms with Gasteiger partial charge in [-0.2, -0.15) is 0 Å². The number of methoxy groups -OCH3 is 1. The van der Waals surface area contributed by atoms with E-state index in [4.69, 9.17) is 4.74 Å². The van der Waals surface area contributed by atoms with Crippen molar-refractivity contribution < 1.29 is 19.1 Å². The molecule has 0 N–H and O–H groups in total. The molecule has 0 aliphatic carbocycles. The van der Waals surface area contributed by atoms with Crippen LogP contribution in [0.4, 0.5) is 4.79 Å². The number of imidazole rings is 1. The van der Waals surface area contributed by atoms with Crippen LogP contribution in [0.1, 0.15) is 99.6 Å². The van der Waals surface area contributed by atoms with Gasteiger partial charge in [0.1, 0.15) is 11.5 Å². The Hall–Kier alpha value is -3.42. The Kier molecular flexibility index (Phi) is 11.1. The highest BCUT2D eigenvalue weighted by atomic mass is 16.5. The predicted molar refractivity (Wildman–Crippen MR) is 149 cm³/mol. The molecule has 1 saturated heterocycles. The Balaban J connectivity index is 1.94. The fourth-order valence-corrected chi connectivity index (χ4v) is 4.60. The maximum Gasteiger partial charge on any atom is 0.337 e. The van der Waals surface area contributed by atoms with Crippen LogP contribution in [0.25, 0.3) is 6.08 Å². The molecule has 2 aromatic rings. The number of rotatable bonds is 15. The first-order chi connectivity index (χ1) is 18.4. The fraction of sp³-hybridized carbons (Fsp3) is 0.533. The zero-order valence-corrected chi connectivity index (χ0v) is 23.4. The number of unbranched alkanes of at least 4 members (excludes halogenated alkanes) is 5. The molecular weight excluding hydrogens is 480 g/mol. The van der Waals surface area contributed by atoms with Crippen molar-refractivity contribution in [2.24, 2.45) is 0 Å². The minimum absolute atomic E-state index is 0.220. The van der Waals surface area contributed by atoms with E-state index in [1.54, 1.807) is 23.2 Å².